The molecule has 1 amide bonds. The SMILES string of the molecule is C[C@@H]1CCN(C[C@H](Cc2ccccc2)C(=O)N[C@@H](Cc2ccc3ccccc3c2)C(=O)O)C(c2cccc(O)c2)[C@@H]1C. The molecule has 1 heterocycles. The van der Waals surface area contributed by atoms with Crippen molar-refractivity contribution >= 4 is 22.6 Å². The summed E-state index contributed by atoms with van der Waals surface area (Å²) in [5.74, 6) is -0.712. The number of piperidine rings is 1. The van der Waals surface area contributed by atoms with E-state index in [1.807, 2.05) is 91.0 Å². The van der Waals surface area contributed by atoms with E-state index in [1.54, 1.807) is 6.07 Å². The molecule has 0 aromatic heterocycles. The Bertz CT molecular complexity index is 1520. The summed E-state index contributed by atoms with van der Waals surface area (Å²) in [5.41, 5.74) is 2.93. The second-order valence-electron chi connectivity index (χ2n) is 11.8. The number of hydrogen-bond donors (Lipinski definition) is 3. The molecule has 0 aliphatic carbocycles. The van der Waals surface area contributed by atoms with Crippen molar-refractivity contribution in [3.8, 4) is 5.75 Å². The molecule has 5 atom stereocenters. The minimum atomic E-state index is -1.05. The first-order valence-corrected chi connectivity index (χ1v) is 14.9. The summed E-state index contributed by atoms with van der Waals surface area (Å²) in [6.07, 6.45) is 1.71. The van der Waals surface area contributed by atoms with E-state index in [2.05, 4.69) is 24.1 Å². The van der Waals surface area contributed by atoms with Gasteiger partial charge in [-0.25, -0.2) is 4.79 Å². The lowest BCUT2D eigenvalue weighted by Crippen LogP contribution is -2.50. The lowest BCUT2D eigenvalue weighted by atomic mass is 9.78. The fourth-order valence-electron chi connectivity index (χ4n) is 6.36. The highest BCUT2D eigenvalue weighted by atomic mass is 16.4. The van der Waals surface area contributed by atoms with Gasteiger partial charge in [-0.3, -0.25) is 9.69 Å². The predicted molar refractivity (Wildman–Crippen MR) is 166 cm³/mol. The topological polar surface area (TPSA) is 89.9 Å². The Labute approximate surface area is 248 Å². The molecule has 1 unspecified atom stereocenters. The van der Waals surface area contributed by atoms with Crippen LogP contribution in [0.5, 0.6) is 5.75 Å². The van der Waals surface area contributed by atoms with Crippen LogP contribution >= 0.6 is 0 Å². The smallest absolute Gasteiger partial charge is 0.326 e. The number of carbonyl (C=O) groups is 2. The average molecular weight is 565 g/mol. The number of fused-ring (bicyclic) bond motifs is 1. The normalized spacial score (nSPS) is 20.6. The summed E-state index contributed by atoms with van der Waals surface area (Å²) in [7, 11) is 0. The van der Waals surface area contributed by atoms with Crippen molar-refractivity contribution in [2.24, 2.45) is 17.8 Å². The number of nitrogens with one attached hydrogen (secondary N) is 1. The summed E-state index contributed by atoms with van der Waals surface area (Å²) in [5, 5.41) is 25.4. The Kier molecular flexibility index (Phi) is 9.23. The molecular weight excluding hydrogens is 524 g/mol. The van der Waals surface area contributed by atoms with Crippen LogP contribution in [0.15, 0.2) is 97.1 Å². The number of nitrogens with zero attached hydrogens (tertiary/aromatic N) is 1. The molecule has 0 spiro atoms. The molecule has 0 bridgehead atoms. The van der Waals surface area contributed by atoms with Gasteiger partial charge in [-0.05, 0) is 70.8 Å². The lowest BCUT2D eigenvalue weighted by Gasteiger charge is -2.45. The highest BCUT2D eigenvalue weighted by Gasteiger charge is 2.37. The zero-order valence-corrected chi connectivity index (χ0v) is 24.3. The van der Waals surface area contributed by atoms with Crippen LogP contribution in [-0.2, 0) is 22.4 Å². The number of aromatic hydroxyl groups is 1. The largest absolute Gasteiger partial charge is 0.508 e. The Morgan fingerprint density at radius 2 is 1.60 bits per heavy atom. The van der Waals surface area contributed by atoms with Crippen LogP contribution in [0.1, 0.15) is 43.0 Å². The number of likely N-dealkylation sites (tertiary alicyclic amines) is 1. The number of aliphatic carboxylic acids is 1. The molecule has 6 nitrogen and oxygen atoms in total. The third-order valence-corrected chi connectivity index (χ3v) is 8.89. The van der Waals surface area contributed by atoms with Crippen molar-refractivity contribution in [2.75, 3.05) is 13.1 Å². The maximum Gasteiger partial charge on any atom is 0.326 e. The zero-order chi connectivity index (χ0) is 29.6. The van der Waals surface area contributed by atoms with Crippen LogP contribution in [-0.4, -0.2) is 46.1 Å². The molecule has 1 aliphatic rings. The molecule has 218 valence electrons. The van der Waals surface area contributed by atoms with Gasteiger partial charge in [-0.2, -0.15) is 0 Å². The number of carbonyl (C=O) groups excluding carboxylic acids is 1. The summed E-state index contributed by atoms with van der Waals surface area (Å²) < 4.78 is 0. The van der Waals surface area contributed by atoms with E-state index in [9.17, 15) is 19.8 Å². The highest BCUT2D eigenvalue weighted by molar-refractivity contribution is 5.86. The van der Waals surface area contributed by atoms with Gasteiger partial charge in [0.15, 0.2) is 0 Å². The zero-order valence-electron chi connectivity index (χ0n) is 24.3. The third kappa shape index (κ3) is 7.00. The Hall–Kier alpha value is -4.16. The minimum absolute atomic E-state index is 0.0415. The number of carboxylic acid groups (broad SMARTS) is 1. The molecule has 1 saturated heterocycles. The summed E-state index contributed by atoms with van der Waals surface area (Å²) >= 11 is 0. The molecule has 1 aliphatic heterocycles. The van der Waals surface area contributed by atoms with Crippen LogP contribution in [0.4, 0.5) is 0 Å². The van der Waals surface area contributed by atoms with E-state index in [1.165, 1.54) is 0 Å². The monoisotopic (exact) mass is 564 g/mol. The average Bonchev–Trinajstić information content (AvgIpc) is 2.98. The Morgan fingerprint density at radius 3 is 2.33 bits per heavy atom. The maximum absolute atomic E-state index is 13.9. The number of rotatable bonds is 10. The Morgan fingerprint density at radius 1 is 0.857 bits per heavy atom. The van der Waals surface area contributed by atoms with Gasteiger partial charge in [0, 0.05) is 19.0 Å². The van der Waals surface area contributed by atoms with Crippen molar-refractivity contribution in [1.29, 1.82) is 0 Å². The van der Waals surface area contributed by atoms with Crippen LogP contribution in [0.2, 0.25) is 0 Å². The molecule has 42 heavy (non-hydrogen) atoms. The molecule has 1 fully saturated rings. The molecule has 0 saturated carbocycles. The molecule has 0 radical (unpaired) electrons. The first kappa shape index (κ1) is 29.3. The van der Waals surface area contributed by atoms with Gasteiger partial charge in [-0.1, -0.05) is 98.8 Å². The van der Waals surface area contributed by atoms with E-state index in [4.69, 9.17) is 0 Å². The van der Waals surface area contributed by atoms with Crippen LogP contribution in [0, 0.1) is 17.8 Å². The van der Waals surface area contributed by atoms with Crippen molar-refractivity contribution in [3.05, 3.63) is 114 Å². The van der Waals surface area contributed by atoms with E-state index in [0.717, 1.165) is 40.4 Å². The summed E-state index contributed by atoms with van der Waals surface area (Å²) in [4.78, 5) is 28.7. The molecular formula is C36H40N2O4. The van der Waals surface area contributed by atoms with Gasteiger partial charge < -0.3 is 15.5 Å². The van der Waals surface area contributed by atoms with Crippen molar-refractivity contribution in [2.45, 2.75) is 45.2 Å². The number of benzene rings is 4. The maximum atomic E-state index is 13.9. The summed E-state index contributed by atoms with van der Waals surface area (Å²) in [6.45, 7) is 5.81. The van der Waals surface area contributed by atoms with Gasteiger partial charge in [0.1, 0.15) is 11.8 Å². The second kappa shape index (κ2) is 13.2. The number of amides is 1. The van der Waals surface area contributed by atoms with E-state index >= 15 is 0 Å². The van der Waals surface area contributed by atoms with Gasteiger partial charge >= 0.3 is 5.97 Å². The van der Waals surface area contributed by atoms with Crippen LogP contribution < -0.4 is 5.32 Å². The molecule has 4 aromatic rings. The fraction of sp³-hybridized carbons (Fsp3) is 0.333. The molecule has 5 rings (SSSR count). The molecule has 6 heteroatoms. The Balaban J connectivity index is 1.39. The number of carboxylic acids is 1. The van der Waals surface area contributed by atoms with Crippen molar-refractivity contribution in [3.63, 3.8) is 0 Å². The standard InChI is InChI=1S/C36H40N2O4/c1-24-17-18-38(34(25(24)2)30-13-8-14-32(39)22-30)23-31(19-26-9-4-3-5-10-26)35(40)37-33(36(41)42)21-27-15-16-28-11-6-7-12-29(28)20-27/h3-16,20,22,24-25,31,33-34,39H,17-19,21,23H2,1-2H3,(H,37,40)(H,41,42)/t24-,25-,31+,33+,34?/m1/s1. The highest BCUT2D eigenvalue weighted by Crippen LogP contribution is 2.40. The molecule has 3 N–H and O–H groups in total. The van der Waals surface area contributed by atoms with Gasteiger partial charge in [0.25, 0.3) is 0 Å². The van der Waals surface area contributed by atoms with Gasteiger partial charge in [0.2, 0.25) is 5.91 Å². The predicted octanol–water partition coefficient (Wildman–Crippen LogP) is 6.24. The summed E-state index contributed by atoms with van der Waals surface area (Å²) in [6, 6.07) is 30.2. The number of phenolic OH excluding ortho intramolecular Hbond substituents is 1. The quantitative estimate of drug-likeness (QED) is 0.212. The molecule has 4 aromatic carbocycles. The van der Waals surface area contributed by atoms with Gasteiger partial charge in [0.05, 0.1) is 5.92 Å². The van der Waals surface area contributed by atoms with E-state index in [-0.39, 0.29) is 24.1 Å². The van der Waals surface area contributed by atoms with E-state index < -0.39 is 17.9 Å². The van der Waals surface area contributed by atoms with Crippen LogP contribution in [0.25, 0.3) is 10.8 Å². The van der Waals surface area contributed by atoms with Crippen molar-refractivity contribution in [1.82, 2.24) is 10.2 Å². The van der Waals surface area contributed by atoms with E-state index in [0.29, 0.717) is 24.8 Å². The lowest BCUT2D eigenvalue weighted by molar-refractivity contribution is -0.142. The van der Waals surface area contributed by atoms with Crippen molar-refractivity contribution < 1.29 is 19.8 Å². The second-order valence-corrected chi connectivity index (χ2v) is 11.8. The first-order valence-electron chi connectivity index (χ1n) is 14.9. The van der Waals surface area contributed by atoms with Crippen LogP contribution in [0.3, 0.4) is 0 Å². The van der Waals surface area contributed by atoms with Gasteiger partial charge in [-0.15, -0.1) is 0 Å². The fourth-order valence-corrected chi connectivity index (χ4v) is 6.36. The number of hydrogen-bond acceptors (Lipinski definition) is 4. The number of phenols is 1. The first-order chi connectivity index (χ1) is 20.3. The minimum Gasteiger partial charge on any atom is -0.508 e. The third-order valence-electron chi connectivity index (χ3n) is 8.89.